The highest BCUT2D eigenvalue weighted by molar-refractivity contribution is 7.16. The largest absolute Gasteiger partial charge is 0.461 e. The summed E-state index contributed by atoms with van der Waals surface area (Å²) >= 11 is 1.35. The lowest BCUT2D eigenvalue weighted by atomic mass is 9.95. The predicted octanol–water partition coefficient (Wildman–Crippen LogP) is 3.85. The van der Waals surface area contributed by atoms with Gasteiger partial charge in [-0.1, -0.05) is 30.3 Å². The Hall–Kier alpha value is -2.74. The maximum atomic E-state index is 13.6. The minimum Gasteiger partial charge on any atom is -0.461 e. The van der Waals surface area contributed by atoms with Crippen LogP contribution in [0.1, 0.15) is 53.5 Å². The van der Waals surface area contributed by atoms with E-state index in [1.54, 1.807) is 11.8 Å². The molecule has 0 unspecified atom stereocenters. The standard InChI is InChI=1S/C25H31N3O4S/c1-3-32-24(31)21-17(2)33-25(26-21)28(16-11-18-7-5-4-6-8-18)23(30)20-12-14-27(15-13-20)22(29)19-9-10-19/h4-8,19-20H,3,9-16H2,1-2H3. The SMILES string of the molecule is CCOC(=O)c1nc(N(CCc2ccccc2)C(=O)C2CCN(C(=O)C3CC3)CC2)sc1C. The minimum absolute atomic E-state index is 0.0219. The number of rotatable bonds is 8. The molecule has 4 rings (SSSR count). The molecule has 1 aromatic carbocycles. The molecule has 2 aromatic rings. The van der Waals surface area contributed by atoms with Crippen LogP contribution in [0.3, 0.4) is 0 Å². The Kier molecular flexibility index (Phi) is 7.42. The molecule has 2 fully saturated rings. The quantitative estimate of drug-likeness (QED) is 0.549. The molecule has 0 spiro atoms. The second-order valence-electron chi connectivity index (χ2n) is 8.72. The lowest BCUT2D eigenvalue weighted by Crippen LogP contribution is -2.45. The third-order valence-electron chi connectivity index (χ3n) is 6.30. The summed E-state index contributed by atoms with van der Waals surface area (Å²) in [4.78, 5) is 47.2. The van der Waals surface area contributed by atoms with Gasteiger partial charge in [0.15, 0.2) is 10.8 Å². The van der Waals surface area contributed by atoms with Crippen molar-refractivity contribution in [3.05, 3.63) is 46.5 Å². The molecule has 1 saturated carbocycles. The van der Waals surface area contributed by atoms with Gasteiger partial charge in [-0.2, -0.15) is 0 Å². The highest BCUT2D eigenvalue weighted by atomic mass is 32.1. The van der Waals surface area contributed by atoms with Crippen LogP contribution in [0.25, 0.3) is 0 Å². The van der Waals surface area contributed by atoms with E-state index in [2.05, 4.69) is 4.98 Å². The number of piperidine rings is 1. The molecule has 0 bridgehead atoms. The summed E-state index contributed by atoms with van der Waals surface area (Å²) in [6.07, 6.45) is 4.01. The average Bonchev–Trinajstić information content (AvgIpc) is 3.61. The lowest BCUT2D eigenvalue weighted by Gasteiger charge is -2.33. The number of thiazole rings is 1. The van der Waals surface area contributed by atoms with E-state index in [9.17, 15) is 14.4 Å². The Morgan fingerprint density at radius 2 is 1.79 bits per heavy atom. The Balaban J connectivity index is 1.50. The number of aryl methyl sites for hydroxylation is 1. The van der Waals surface area contributed by atoms with Crippen LogP contribution in [0.4, 0.5) is 5.13 Å². The van der Waals surface area contributed by atoms with Gasteiger partial charge in [-0.25, -0.2) is 9.78 Å². The molecule has 1 aromatic heterocycles. The number of carbonyl (C=O) groups is 3. The van der Waals surface area contributed by atoms with E-state index in [4.69, 9.17) is 4.74 Å². The normalized spacial score (nSPS) is 16.5. The van der Waals surface area contributed by atoms with Crippen LogP contribution < -0.4 is 4.90 Å². The number of amides is 2. The topological polar surface area (TPSA) is 79.8 Å². The Morgan fingerprint density at radius 1 is 1.09 bits per heavy atom. The van der Waals surface area contributed by atoms with Crippen molar-refractivity contribution in [2.24, 2.45) is 11.8 Å². The van der Waals surface area contributed by atoms with Gasteiger partial charge in [0.25, 0.3) is 0 Å². The molecule has 1 aliphatic heterocycles. The zero-order chi connectivity index (χ0) is 23.4. The fraction of sp³-hybridized carbons (Fsp3) is 0.520. The van der Waals surface area contributed by atoms with E-state index in [1.807, 2.05) is 42.2 Å². The zero-order valence-electron chi connectivity index (χ0n) is 19.3. The monoisotopic (exact) mass is 469 g/mol. The van der Waals surface area contributed by atoms with Crippen molar-refractivity contribution in [3.63, 3.8) is 0 Å². The van der Waals surface area contributed by atoms with Gasteiger partial charge < -0.3 is 9.64 Å². The van der Waals surface area contributed by atoms with E-state index in [0.29, 0.717) is 44.0 Å². The summed E-state index contributed by atoms with van der Waals surface area (Å²) in [5, 5.41) is 0.535. The number of likely N-dealkylation sites (tertiary alicyclic amines) is 1. The zero-order valence-corrected chi connectivity index (χ0v) is 20.1. The minimum atomic E-state index is -0.458. The molecule has 0 radical (unpaired) electrons. The number of ether oxygens (including phenoxy) is 1. The fourth-order valence-electron chi connectivity index (χ4n) is 4.23. The third-order valence-corrected chi connectivity index (χ3v) is 7.29. The van der Waals surface area contributed by atoms with Gasteiger partial charge in [0.05, 0.1) is 6.61 Å². The van der Waals surface area contributed by atoms with Gasteiger partial charge in [-0.15, -0.1) is 11.3 Å². The van der Waals surface area contributed by atoms with Gasteiger partial charge in [0.1, 0.15) is 0 Å². The molecule has 1 aliphatic carbocycles. The first-order valence-electron chi connectivity index (χ1n) is 11.8. The second kappa shape index (κ2) is 10.5. The van der Waals surface area contributed by atoms with Gasteiger partial charge in [0.2, 0.25) is 11.8 Å². The lowest BCUT2D eigenvalue weighted by molar-refractivity contribution is -0.136. The summed E-state index contributed by atoms with van der Waals surface area (Å²) < 4.78 is 5.13. The number of aromatic nitrogens is 1. The molecule has 7 nitrogen and oxygen atoms in total. The molecule has 2 heterocycles. The van der Waals surface area contributed by atoms with Crippen LogP contribution in [0.15, 0.2) is 30.3 Å². The van der Waals surface area contributed by atoms with Crippen LogP contribution in [-0.2, 0) is 20.7 Å². The van der Waals surface area contributed by atoms with Crippen molar-refractivity contribution in [1.29, 1.82) is 0 Å². The van der Waals surface area contributed by atoms with E-state index in [-0.39, 0.29) is 36.0 Å². The van der Waals surface area contributed by atoms with Crippen LogP contribution in [0.5, 0.6) is 0 Å². The van der Waals surface area contributed by atoms with Crippen molar-refractivity contribution in [1.82, 2.24) is 9.88 Å². The van der Waals surface area contributed by atoms with Crippen molar-refractivity contribution in [2.75, 3.05) is 31.1 Å². The predicted molar refractivity (Wildman–Crippen MR) is 127 cm³/mol. The first-order valence-corrected chi connectivity index (χ1v) is 12.6. The first-order chi connectivity index (χ1) is 16.0. The number of hydrogen-bond donors (Lipinski definition) is 0. The first kappa shape index (κ1) is 23.4. The number of carbonyl (C=O) groups excluding carboxylic acids is 3. The number of nitrogens with zero attached hydrogens (tertiary/aromatic N) is 3. The number of hydrogen-bond acceptors (Lipinski definition) is 6. The number of benzene rings is 1. The van der Waals surface area contributed by atoms with Crippen LogP contribution in [-0.4, -0.2) is 53.9 Å². The molecule has 2 amide bonds. The van der Waals surface area contributed by atoms with E-state index >= 15 is 0 Å². The molecule has 8 heteroatoms. The fourth-order valence-corrected chi connectivity index (χ4v) is 5.16. The van der Waals surface area contributed by atoms with E-state index < -0.39 is 5.97 Å². The Morgan fingerprint density at radius 3 is 2.42 bits per heavy atom. The molecular weight excluding hydrogens is 438 g/mol. The van der Waals surface area contributed by atoms with E-state index in [0.717, 1.165) is 23.3 Å². The molecule has 2 aliphatic rings. The number of esters is 1. The maximum Gasteiger partial charge on any atom is 0.358 e. The summed E-state index contributed by atoms with van der Waals surface area (Å²) in [5.74, 6) is -0.136. The third kappa shape index (κ3) is 5.61. The molecule has 0 atom stereocenters. The van der Waals surface area contributed by atoms with Gasteiger partial charge in [0, 0.05) is 36.3 Å². The van der Waals surface area contributed by atoms with E-state index in [1.165, 1.54) is 11.3 Å². The number of anilines is 1. The highest BCUT2D eigenvalue weighted by Gasteiger charge is 2.37. The average molecular weight is 470 g/mol. The van der Waals surface area contributed by atoms with Crippen molar-refractivity contribution < 1.29 is 19.1 Å². The molecule has 176 valence electrons. The maximum absolute atomic E-state index is 13.6. The van der Waals surface area contributed by atoms with Gasteiger partial charge in [-0.05, 0) is 51.5 Å². The molecule has 0 N–H and O–H groups in total. The van der Waals surface area contributed by atoms with Gasteiger partial charge >= 0.3 is 5.97 Å². The van der Waals surface area contributed by atoms with Gasteiger partial charge in [-0.3, -0.25) is 14.5 Å². The second-order valence-corrected chi connectivity index (χ2v) is 9.90. The summed E-state index contributed by atoms with van der Waals surface area (Å²) in [6.45, 7) is 5.61. The molecule has 33 heavy (non-hydrogen) atoms. The summed E-state index contributed by atoms with van der Waals surface area (Å²) in [5.41, 5.74) is 1.42. The Bertz CT molecular complexity index is 994. The molecular formula is C25H31N3O4S. The van der Waals surface area contributed by atoms with Crippen molar-refractivity contribution >= 4 is 34.3 Å². The van der Waals surface area contributed by atoms with Crippen molar-refractivity contribution in [2.45, 2.75) is 46.0 Å². The van der Waals surface area contributed by atoms with Crippen LogP contribution in [0.2, 0.25) is 0 Å². The van der Waals surface area contributed by atoms with Crippen molar-refractivity contribution in [3.8, 4) is 0 Å². The Labute approximate surface area is 198 Å². The van der Waals surface area contributed by atoms with Crippen LogP contribution in [0, 0.1) is 18.8 Å². The highest BCUT2D eigenvalue weighted by Crippen LogP contribution is 2.34. The van der Waals surface area contributed by atoms with Crippen LogP contribution >= 0.6 is 11.3 Å². The smallest absolute Gasteiger partial charge is 0.358 e. The molecule has 1 saturated heterocycles. The summed E-state index contributed by atoms with van der Waals surface area (Å²) in [7, 11) is 0. The summed E-state index contributed by atoms with van der Waals surface area (Å²) in [6, 6.07) is 10.0.